The highest BCUT2D eigenvalue weighted by atomic mass is 19.1. The molecule has 0 aliphatic carbocycles. The molecule has 0 radical (unpaired) electrons. The van der Waals surface area contributed by atoms with Crippen molar-refractivity contribution in [2.45, 2.75) is 13.0 Å². The molecule has 0 aliphatic heterocycles. The van der Waals surface area contributed by atoms with Crippen LogP contribution in [0, 0.1) is 15.9 Å². The number of nitro benzene ring substituents is 1. The number of benzene rings is 2. The normalized spacial score (nSPS) is 12.0. The van der Waals surface area contributed by atoms with Gasteiger partial charge in [0.2, 0.25) is 0 Å². The van der Waals surface area contributed by atoms with Gasteiger partial charge in [-0.25, -0.2) is 4.39 Å². The molecule has 6 heteroatoms. The average Bonchev–Trinajstić information content (AvgIpc) is 2.49. The Morgan fingerprint density at radius 2 is 1.90 bits per heavy atom. The lowest BCUT2D eigenvalue weighted by Gasteiger charge is -2.11. The second-order valence-electron chi connectivity index (χ2n) is 4.55. The molecule has 5 nitrogen and oxygen atoms in total. The predicted octanol–water partition coefficient (Wildman–Crippen LogP) is 3.81. The maximum absolute atomic E-state index is 13.7. The van der Waals surface area contributed by atoms with E-state index in [1.807, 2.05) is 26.1 Å². The lowest BCUT2D eigenvalue weighted by molar-refractivity contribution is -0.385. The number of halogens is 1. The summed E-state index contributed by atoms with van der Waals surface area (Å²) in [7, 11) is 1.86. The van der Waals surface area contributed by atoms with Gasteiger partial charge >= 0.3 is 0 Å². The molecule has 110 valence electrons. The molecule has 21 heavy (non-hydrogen) atoms. The van der Waals surface area contributed by atoms with Crippen LogP contribution in [0.5, 0.6) is 11.5 Å². The number of hydrogen-bond acceptors (Lipinski definition) is 4. The molecule has 0 saturated heterocycles. The van der Waals surface area contributed by atoms with Gasteiger partial charge in [-0.3, -0.25) is 10.1 Å². The van der Waals surface area contributed by atoms with E-state index >= 15 is 0 Å². The topological polar surface area (TPSA) is 64.4 Å². The van der Waals surface area contributed by atoms with Crippen molar-refractivity contribution in [3.63, 3.8) is 0 Å². The Morgan fingerprint density at radius 1 is 1.24 bits per heavy atom. The molecule has 1 unspecified atom stereocenters. The van der Waals surface area contributed by atoms with Crippen LogP contribution in [0.4, 0.5) is 10.1 Å². The van der Waals surface area contributed by atoms with E-state index < -0.39 is 10.7 Å². The molecule has 1 N–H and O–H groups in total. The molecule has 1 atom stereocenters. The van der Waals surface area contributed by atoms with Gasteiger partial charge < -0.3 is 10.1 Å². The van der Waals surface area contributed by atoms with E-state index in [4.69, 9.17) is 4.74 Å². The number of nitrogens with zero attached hydrogens (tertiary/aromatic N) is 1. The number of ether oxygens (including phenoxy) is 1. The summed E-state index contributed by atoms with van der Waals surface area (Å²) in [5.41, 5.74) is 0.770. The Hall–Kier alpha value is -2.47. The minimum Gasteiger partial charge on any atom is -0.454 e. The average molecular weight is 290 g/mol. The fourth-order valence-electron chi connectivity index (χ4n) is 1.80. The second-order valence-corrected chi connectivity index (χ2v) is 4.55. The molecule has 0 aromatic heterocycles. The Morgan fingerprint density at radius 3 is 2.43 bits per heavy atom. The zero-order valence-electron chi connectivity index (χ0n) is 11.7. The largest absolute Gasteiger partial charge is 0.454 e. The quantitative estimate of drug-likeness (QED) is 0.672. The molecule has 0 fully saturated rings. The second kappa shape index (κ2) is 6.32. The highest BCUT2D eigenvalue weighted by Crippen LogP contribution is 2.28. The van der Waals surface area contributed by atoms with Gasteiger partial charge in [0.15, 0.2) is 11.6 Å². The molecular formula is C15H15FN2O3. The standard InChI is InChI=1S/C15H15FN2O3/c1-10(17-2)11-3-6-13(7-4-11)21-15-8-5-12(18(19)20)9-14(15)16/h3-10,17H,1-2H3. The third kappa shape index (κ3) is 3.55. The van der Waals surface area contributed by atoms with Crippen molar-refractivity contribution < 1.29 is 14.1 Å². The van der Waals surface area contributed by atoms with Gasteiger partial charge in [-0.15, -0.1) is 0 Å². The number of rotatable bonds is 5. The SMILES string of the molecule is CNC(C)c1ccc(Oc2ccc([N+](=O)[O-])cc2F)cc1. The van der Waals surface area contributed by atoms with Gasteiger partial charge in [-0.2, -0.15) is 0 Å². The first-order chi connectivity index (χ1) is 10.0. The van der Waals surface area contributed by atoms with Gasteiger partial charge in [0, 0.05) is 12.1 Å². The van der Waals surface area contributed by atoms with E-state index in [9.17, 15) is 14.5 Å². The molecule has 0 amide bonds. The number of non-ortho nitro benzene ring substituents is 1. The summed E-state index contributed by atoms with van der Waals surface area (Å²) in [5, 5.41) is 13.7. The maximum atomic E-state index is 13.7. The lowest BCUT2D eigenvalue weighted by Crippen LogP contribution is -2.11. The fourth-order valence-corrected chi connectivity index (χ4v) is 1.80. The highest BCUT2D eigenvalue weighted by molar-refractivity contribution is 5.40. The van der Waals surface area contributed by atoms with Gasteiger partial charge in [0.25, 0.3) is 5.69 Å². The van der Waals surface area contributed by atoms with Crippen LogP contribution in [-0.4, -0.2) is 12.0 Å². The van der Waals surface area contributed by atoms with Crippen LogP contribution in [0.3, 0.4) is 0 Å². The number of nitro groups is 1. The van der Waals surface area contributed by atoms with Crippen molar-refractivity contribution in [1.82, 2.24) is 5.32 Å². The monoisotopic (exact) mass is 290 g/mol. The van der Waals surface area contributed by atoms with Crippen LogP contribution in [0.1, 0.15) is 18.5 Å². The summed E-state index contributed by atoms with van der Waals surface area (Å²) in [6, 6.07) is 10.7. The third-order valence-electron chi connectivity index (χ3n) is 3.17. The van der Waals surface area contributed by atoms with Crippen molar-refractivity contribution in [2.24, 2.45) is 0 Å². The van der Waals surface area contributed by atoms with Gasteiger partial charge in [0.1, 0.15) is 5.75 Å². The lowest BCUT2D eigenvalue weighted by atomic mass is 10.1. The smallest absolute Gasteiger partial charge is 0.272 e. The summed E-state index contributed by atoms with van der Waals surface area (Å²) in [6.07, 6.45) is 0. The van der Waals surface area contributed by atoms with Crippen LogP contribution in [-0.2, 0) is 0 Å². The van der Waals surface area contributed by atoms with Crippen molar-refractivity contribution in [3.8, 4) is 11.5 Å². The van der Waals surface area contributed by atoms with Crippen LogP contribution in [0.25, 0.3) is 0 Å². The van der Waals surface area contributed by atoms with Crippen molar-refractivity contribution in [1.29, 1.82) is 0 Å². The number of hydrogen-bond donors (Lipinski definition) is 1. The maximum Gasteiger partial charge on any atom is 0.272 e. The van der Waals surface area contributed by atoms with E-state index in [-0.39, 0.29) is 17.5 Å². The van der Waals surface area contributed by atoms with Crippen molar-refractivity contribution in [3.05, 3.63) is 64.0 Å². The Bertz CT molecular complexity index is 644. The predicted molar refractivity (Wildman–Crippen MR) is 77.0 cm³/mol. The third-order valence-corrected chi connectivity index (χ3v) is 3.17. The van der Waals surface area contributed by atoms with Crippen molar-refractivity contribution >= 4 is 5.69 Å². The molecule has 0 aliphatic rings. The first-order valence-corrected chi connectivity index (χ1v) is 6.40. The van der Waals surface area contributed by atoms with Crippen LogP contribution >= 0.6 is 0 Å². The zero-order chi connectivity index (χ0) is 15.4. The number of nitrogens with one attached hydrogen (secondary N) is 1. The molecular weight excluding hydrogens is 275 g/mol. The minimum absolute atomic E-state index is 0.0463. The van der Waals surface area contributed by atoms with Crippen LogP contribution in [0.2, 0.25) is 0 Å². The molecule has 2 aromatic carbocycles. The molecule has 2 rings (SSSR count). The van der Waals surface area contributed by atoms with E-state index in [1.54, 1.807) is 12.1 Å². The first-order valence-electron chi connectivity index (χ1n) is 6.40. The Labute approximate surface area is 121 Å². The molecule has 0 saturated carbocycles. The van der Waals surface area contributed by atoms with Crippen molar-refractivity contribution in [2.75, 3.05) is 7.05 Å². The van der Waals surface area contributed by atoms with Gasteiger partial charge in [-0.05, 0) is 37.7 Å². The first kappa shape index (κ1) is 14.9. The Kier molecular flexibility index (Phi) is 4.49. The molecule has 0 bridgehead atoms. The zero-order valence-corrected chi connectivity index (χ0v) is 11.7. The summed E-state index contributed by atoms with van der Waals surface area (Å²) in [5.74, 6) is -0.346. The van der Waals surface area contributed by atoms with Gasteiger partial charge in [0.05, 0.1) is 11.0 Å². The van der Waals surface area contributed by atoms with E-state index in [0.29, 0.717) is 5.75 Å². The fraction of sp³-hybridized carbons (Fsp3) is 0.200. The van der Waals surface area contributed by atoms with E-state index in [2.05, 4.69) is 5.32 Å². The summed E-state index contributed by atoms with van der Waals surface area (Å²) in [6.45, 7) is 2.02. The van der Waals surface area contributed by atoms with Gasteiger partial charge in [-0.1, -0.05) is 12.1 Å². The highest BCUT2D eigenvalue weighted by Gasteiger charge is 2.12. The molecule has 2 aromatic rings. The molecule has 0 spiro atoms. The van der Waals surface area contributed by atoms with Crippen LogP contribution in [0.15, 0.2) is 42.5 Å². The van der Waals surface area contributed by atoms with Crippen LogP contribution < -0.4 is 10.1 Å². The van der Waals surface area contributed by atoms with E-state index in [1.165, 1.54) is 12.1 Å². The molecule has 0 heterocycles. The summed E-state index contributed by atoms with van der Waals surface area (Å²) in [4.78, 5) is 9.89. The summed E-state index contributed by atoms with van der Waals surface area (Å²) < 4.78 is 19.1. The van der Waals surface area contributed by atoms with E-state index in [0.717, 1.165) is 11.6 Å². The summed E-state index contributed by atoms with van der Waals surface area (Å²) >= 11 is 0. The minimum atomic E-state index is -0.767. The Balaban J connectivity index is 2.16.